The lowest BCUT2D eigenvalue weighted by molar-refractivity contribution is -0.155. The van der Waals surface area contributed by atoms with Crippen molar-refractivity contribution in [1.29, 1.82) is 0 Å². The van der Waals surface area contributed by atoms with Crippen molar-refractivity contribution in [2.24, 2.45) is 0 Å². The van der Waals surface area contributed by atoms with Gasteiger partial charge in [0.1, 0.15) is 18.1 Å². The average Bonchev–Trinajstić information content (AvgIpc) is 3.18. The number of nitrogens with zero attached hydrogens (tertiary/aromatic N) is 1. The molecule has 3 atom stereocenters. The lowest BCUT2D eigenvalue weighted by Crippen LogP contribution is -2.75. The molecule has 1 fully saturated rings. The highest BCUT2D eigenvalue weighted by atomic mass is 32.2. The molecule has 0 aromatic heterocycles. The Kier molecular flexibility index (Phi) is 12.0. The third kappa shape index (κ3) is 8.85. The maximum Gasteiger partial charge on any atom is 0.356 e. The highest BCUT2D eigenvalue weighted by Gasteiger charge is 2.61. The highest BCUT2D eigenvalue weighted by Crippen LogP contribution is 2.39. The molecule has 1 saturated heterocycles. The molecule has 1 N–H and O–H groups in total. The van der Waals surface area contributed by atoms with Crippen LogP contribution < -0.4 is 5.32 Å². The molecule has 2 aliphatic rings. The normalized spacial score (nSPS) is 17.8. The van der Waals surface area contributed by atoms with Crippen molar-refractivity contribution in [2.75, 3.05) is 12.4 Å². The molecule has 12 heteroatoms. The van der Waals surface area contributed by atoms with Gasteiger partial charge in [-0.1, -0.05) is 121 Å². The molecule has 1 unspecified atom stereocenters. The molecule has 0 bridgehead atoms. The third-order valence-electron chi connectivity index (χ3n) is 8.83. The molecule has 4 aromatic carbocycles. The molecule has 0 aliphatic carbocycles. The quantitative estimate of drug-likeness (QED) is 0.0812. The molecule has 0 saturated carbocycles. The van der Waals surface area contributed by atoms with Gasteiger partial charge in [0, 0.05) is 25.3 Å². The van der Waals surface area contributed by atoms with Gasteiger partial charge in [0.05, 0.1) is 0 Å². The van der Waals surface area contributed by atoms with E-state index < -0.39 is 64.5 Å². The first kappa shape index (κ1) is 37.1. The van der Waals surface area contributed by atoms with Crippen molar-refractivity contribution in [1.82, 2.24) is 10.2 Å². The van der Waals surface area contributed by atoms with Crippen LogP contribution in [0.5, 0.6) is 0 Å². The molecule has 4 aromatic rings. The van der Waals surface area contributed by atoms with Crippen LogP contribution in [0.3, 0.4) is 0 Å². The Morgan fingerprint density at radius 1 is 0.755 bits per heavy atom. The summed E-state index contributed by atoms with van der Waals surface area (Å²) in [5.74, 6) is -3.35. The number of carbonyl (C=O) groups excluding carboxylic acids is 5. The van der Waals surface area contributed by atoms with Gasteiger partial charge in [-0.15, -0.1) is 0 Å². The van der Waals surface area contributed by atoms with Crippen molar-refractivity contribution in [3.8, 4) is 0 Å². The average molecular weight is 735 g/mol. The van der Waals surface area contributed by atoms with Gasteiger partial charge in [-0.3, -0.25) is 24.1 Å². The maximum atomic E-state index is 14.0. The Hall–Kier alpha value is -5.72. The molecule has 11 nitrogen and oxygen atoms in total. The van der Waals surface area contributed by atoms with Crippen molar-refractivity contribution in [3.05, 3.63) is 155 Å². The first-order valence-corrected chi connectivity index (χ1v) is 18.5. The van der Waals surface area contributed by atoms with E-state index in [1.807, 2.05) is 121 Å². The van der Waals surface area contributed by atoms with Gasteiger partial charge in [0.15, 0.2) is 18.2 Å². The number of hydrogen-bond acceptors (Lipinski definition) is 9. The van der Waals surface area contributed by atoms with Gasteiger partial charge >= 0.3 is 17.9 Å². The van der Waals surface area contributed by atoms with Crippen LogP contribution in [-0.4, -0.2) is 63.0 Å². The zero-order valence-electron chi connectivity index (χ0n) is 28.9. The largest absolute Gasteiger partial charge is 0.614 e. The SMILES string of the molecule is CC(=O)OCC1=C(C(=O)OC(c2ccccc2)c2ccccc2)N2C(=O)[C@@H](NC(=O)CCCC(=O)OC(c3ccccc3)c3ccccc3)[C@@H]2[S+]([O-])C1. The number of benzene rings is 4. The van der Waals surface area contributed by atoms with E-state index in [2.05, 4.69) is 5.32 Å². The number of fused-ring (bicyclic) bond motifs is 1. The van der Waals surface area contributed by atoms with E-state index in [0.29, 0.717) is 11.1 Å². The van der Waals surface area contributed by atoms with E-state index in [4.69, 9.17) is 14.2 Å². The summed E-state index contributed by atoms with van der Waals surface area (Å²) in [5, 5.41) is 1.59. The summed E-state index contributed by atoms with van der Waals surface area (Å²) in [6.07, 6.45) is -1.46. The summed E-state index contributed by atoms with van der Waals surface area (Å²) >= 11 is -1.76. The summed E-state index contributed by atoms with van der Waals surface area (Å²) in [7, 11) is 0. The summed E-state index contributed by atoms with van der Waals surface area (Å²) in [4.78, 5) is 66.4. The van der Waals surface area contributed by atoms with E-state index in [-0.39, 0.29) is 42.9 Å². The number of rotatable bonds is 14. The summed E-state index contributed by atoms with van der Waals surface area (Å²) in [6, 6.07) is 35.7. The number of β-lactam (4-membered cyclic amide) rings is 1. The van der Waals surface area contributed by atoms with E-state index in [1.165, 1.54) is 6.92 Å². The Labute approximate surface area is 310 Å². The van der Waals surface area contributed by atoms with E-state index in [9.17, 15) is 28.5 Å². The Morgan fingerprint density at radius 3 is 1.70 bits per heavy atom. The fraction of sp³-hybridized carbons (Fsp3) is 0.244. The Bertz CT molecular complexity index is 1880. The zero-order valence-corrected chi connectivity index (χ0v) is 29.7. The van der Waals surface area contributed by atoms with Gasteiger partial charge < -0.3 is 24.1 Å². The van der Waals surface area contributed by atoms with Crippen molar-refractivity contribution in [3.63, 3.8) is 0 Å². The minimum atomic E-state index is -1.76. The van der Waals surface area contributed by atoms with Crippen LogP contribution in [0, 0.1) is 0 Å². The number of amides is 2. The van der Waals surface area contributed by atoms with Crippen LogP contribution in [0.2, 0.25) is 0 Å². The monoisotopic (exact) mass is 734 g/mol. The van der Waals surface area contributed by atoms with E-state index in [0.717, 1.165) is 16.0 Å². The summed E-state index contributed by atoms with van der Waals surface area (Å²) < 4.78 is 30.6. The van der Waals surface area contributed by atoms with Crippen LogP contribution >= 0.6 is 0 Å². The second-order valence-corrected chi connectivity index (χ2v) is 14.1. The molecule has 53 heavy (non-hydrogen) atoms. The van der Waals surface area contributed by atoms with Gasteiger partial charge in [-0.05, 0) is 39.9 Å². The van der Waals surface area contributed by atoms with Crippen LogP contribution in [0.1, 0.15) is 60.6 Å². The highest BCUT2D eigenvalue weighted by molar-refractivity contribution is 7.92. The van der Waals surface area contributed by atoms with Gasteiger partial charge in [0.25, 0.3) is 5.91 Å². The molecule has 2 amide bonds. The van der Waals surface area contributed by atoms with Crippen LogP contribution in [-0.2, 0) is 49.4 Å². The predicted molar refractivity (Wildman–Crippen MR) is 195 cm³/mol. The molecule has 2 heterocycles. The Balaban J connectivity index is 1.11. The van der Waals surface area contributed by atoms with E-state index >= 15 is 0 Å². The Morgan fingerprint density at radius 2 is 1.23 bits per heavy atom. The molecular weight excluding hydrogens is 697 g/mol. The van der Waals surface area contributed by atoms with Crippen LogP contribution in [0.25, 0.3) is 0 Å². The topological polar surface area (TPSA) is 151 Å². The lowest BCUT2D eigenvalue weighted by Gasteiger charge is -2.49. The fourth-order valence-corrected chi connectivity index (χ4v) is 7.97. The van der Waals surface area contributed by atoms with Crippen molar-refractivity contribution in [2.45, 2.75) is 49.8 Å². The summed E-state index contributed by atoms with van der Waals surface area (Å²) in [5.41, 5.74) is 2.98. The predicted octanol–water partition coefficient (Wildman–Crippen LogP) is 5.05. The molecular formula is C41H38N2O9S. The molecule has 272 valence electrons. The van der Waals surface area contributed by atoms with Gasteiger partial charge in [-0.25, -0.2) is 4.79 Å². The minimum absolute atomic E-state index is 0.0497. The molecule has 2 aliphatic heterocycles. The smallest absolute Gasteiger partial charge is 0.356 e. The second-order valence-electron chi connectivity index (χ2n) is 12.6. The van der Waals surface area contributed by atoms with Crippen molar-refractivity contribution >= 4 is 40.9 Å². The maximum absolute atomic E-state index is 14.0. The van der Waals surface area contributed by atoms with Gasteiger partial charge in [0.2, 0.25) is 11.3 Å². The summed E-state index contributed by atoms with van der Waals surface area (Å²) in [6.45, 7) is 0.832. The fourth-order valence-electron chi connectivity index (χ4n) is 6.30. The first-order chi connectivity index (χ1) is 25.7. The first-order valence-electron chi connectivity index (χ1n) is 17.2. The number of hydrogen-bond donors (Lipinski definition) is 1. The standard InChI is InChI=1S/C41H38N2O9S/c1-27(44)50-25-32-26-53(49)40-35(39(47)43(40)36(32)41(48)52-38(30-19-10-4-11-20-30)31-21-12-5-13-22-31)42-33(45)23-14-24-34(46)51-37(28-15-6-2-7-16-28)29-17-8-3-9-18-29/h2-13,15-22,35,37-38,40H,14,23-26H2,1H3,(H,42,45)/t35-,40+,53?/m1/s1. The van der Waals surface area contributed by atoms with Crippen molar-refractivity contribution < 1.29 is 42.7 Å². The minimum Gasteiger partial charge on any atom is -0.614 e. The number of ether oxygens (including phenoxy) is 3. The van der Waals surface area contributed by atoms with E-state index in [1.54, 1.807) is 0 Å². The van der Waals surface area contributed by atoms with Crippen LogP contribution in [0.15, 0.2) is 133 Å². The zero-order chi connectivity index (χ0) is 37.3. The molecule has 0 radical (unpaired) electrons. The second kappa shape index (κ2) is 17.2. The molecule has 0 spiro atoms. The van der Waals surface area contributed by atoms with Gasteiger partial charge in [-0.2, -0.15) is 0 Å². The third-order valence-corrected chi connectivity index (χ3v) is 10.5. The number of esters is 3. The molecule has 6 rings (SSSR count). The number of carbonyl (C=O) groups is 5. The lowest BCUT2D eigenvalue weighted by atomic mass is 10.0. The number of nitrogens with one attached hydrogen (secondary N) is 1. The van der Waals surface area contributed by atoms with Crippen LogP contribution in [0.4, 0.5) is 0 Å².